The van der Waals surface area contributed by atoms with E-state index in [-0.39, 0.29) is 6.61 Å². The molecule has 0 saturated heterocycles. The highest BCUT2D eigenvalue weighted by atomic mass is 16.3. The minimum absolute atomic E-state index is 0.0539. The number of hydrogen-bond donors (Lipinski definition) is 1. The molecule has 1 rings (SSSR count). The number of hydrogen-bond acceptors (Lipinski definition) is 2. The summed E-state index contributed by atoms with van der Waals surface area (Å²) < 4.78 is 0. The third kappa shape index (κ3) is 5.09. The van der Waals surface area contributed by atoms with Crippen molar-refractivity contribution in [2.24, 2.45) is 0 Å². The van der Waals surface area contributed by atoms with E-state index in [4.69, 9.17) is 5.26 Å². The maximum absolute atomic E-state index is 9.52. The van der Waals surface area contributed by atoms with Crippen LogP contribution in [0.2, 0.25) is 0 Å². The summed E-state index contributed by atoms with van der Waals surface area (Å²) in [6.07, 6.45) is 9.04. The Hall–Kier alpha value is -2.37. The Morgan fingerprint density at radius 2 is 1.87 bits per heavy atom. The van der Waals surface area contributed by atoms with Crippen molar-refractivity contribution in [3.05, 3.63) is 76.4 Å². The van der Waals surface area contributed by atoms with Gasteiger partial charge in [-0.1, -0.05) is 43.4 Å². The molecule has 120 valence electrons. The van der Waals surface area contributed by atoms with Gasteiger partial charge in [0, 0.05) is 0 Å². The van der Waals surface area contributed by atoms with E-state index in [1.165, 1.54) is 0 Å². The lowest BCUT2D eigenvalue weighted by atomic mass is 9.92. The van der Waals surface area contributed by atoms with Gasteiger partial charge >= 0.3 is 0 Å². The van der Waals surface area contributed by atoms with E-state index in [2.05, 4.69) is 31.2 Å². The van der Waals surface area contributed by atoms with Crippen LogP contribution in [0.1, 0.15) is 45.2 Å². The Morgan fingerprint density at radius 1 is 1.22 bits per heavy atom. The van der Waals surface area contributed by atoms with Crippen LogP contribution in [0.4, 0.5) is 0 Å². The van der Waals surface area contributed by atoms with E-state index in [1.54, 1.807) is 0 Å². The lowest BCUT2D eigenvalue weighted by Crippen LogP contribution is -1.95. The molecule has 2 nitrogen and oxygen atoms in total. The van der Waals surface area contributed by atoms with Crippen LogP contribution in [-0.4, -0.2) is 11.7 Å². The first kappa shape index (κ1) is 18.7. The topological polar surface area (TPSA) is 44.0 Å². The molecular weight excluding hydrogens is 282 g/mol. The van der Waals surface area contributed by atoms with Crippen molar-refractivity contribution in [1.82, 2.24) is 0 Å². The zero-order chi connectivity index (χ0) is 17.2. The van der Waals surface area contributed by atoms with E-state index >= 15 is 0 Å². The predicted octanol–water partition coefficient (Wildman–Crippen LogP) is 5.18. The van der Waals surface area contributed by atoms with E-state index < -0.39 is 0 Å². The Labute approximate surface area is 139 Å². The Morgan fingerprint density at radius 3 is 2.30 bits per heavy atom. The van der Waals surface area contributed by atoms with Gasteiger partial charge < -0.3 is 5.11 Å². The molecule has 23 heavy (non-hydrogen) atoms. The molecule has 0 aliphatic carbocycles. The van der Waals surface area contributed by atoms with Crippen molar-refractivity contribution in [3.63, 3.8) is 0 Å². The van der Waals surface area contributed by atoms with Crippen LogP contribution in [0.15, 0.2) is 65.3 Å². The zero-order valence-electron chi connectivity index (χ0n) is 14.4. The van der Waals surface area contributed by atoms with Crippen molar-refractivity contribution in [2.45, 2.75) is 34.1 Å². The lowest BCUT2D eigenvalue weighted by molar-refractivity contribution is 0.328. The van der Waals surface area contributed by atoms with Crippen LogP contribution in [0, 0.1) is 11.3 Å². The molecule has 2 heteroatoms. The van der Waals surface area contributed by atoms with Gasteiger partial charge in [-0.3, -0.25) is 0 Å². The van der Waals surface area contributed by atoms with Crippen molar-refractivity contribution >= 4 is 5.57 Å². The summed E-state index contributed by atoms with van der Waals surface area (Å²) in [4.78, 5) is 0. The number of benzene rings is 1. The van der Waals surface area contributed by atoms with Crippen LogP contribution < -0.4 is 0 Å². The van der Waals surface area contributed by atoms with Gasteiger partial charge in [0.25, 0.3) is 0 Å². The van der Waals surface area contributed by atoms with E-state index in [0.29, 0.717) is 5.56 Å². The van der Waals surface area contributed by atoms with E-state index in [9.17, 15) is 5.11 Å². The SMILES string of the molecule is C\C=C/C(=C\C)C(/C)=C(/C=C(\CC)CO)c1ccc(C#N)cc1. The molecule has 0 aromatic heterocycles. The summed E-state index contributed by atoms with van der Waals surface area (Å²) in [6, 6.07) is 9.72. The second kappa shape index (κ2) is 9.61. The third-order valence-electron chi connectivity index (χ3n) is 3.82. The Balaban J connectivity index is 3.54. The molecule has 0 radical (unpaired) electrons. The molecule has 0 atom stereocenters. The number of nitrogens with zero attached hydrogens (tertiary/aromatic N) is 1. The van der Waals surface area contributed by atoms with Gasteiger partial charge in [-0.05, 0) is 67.2 Å². The quantitative estimate of drug-likeness (QED) is 0.736. The van der Waals surface area contributed by atoms with Gasteiger partial charge in [-0.25, -0.2) is 0 Å². The molecule has 0 unspecified atom stereocenters. The van der Waals surface area contributed by atoms with Gasteiger partial charge in [-0.15, -0.1) is 0 Å². The van der Waals surface area contributed by atoms with Crippen molar-refractivity contribution in [1.29, 1.82) is 5.26 Å². The summed E-state index contributed by atoms with van der Waals surface area (Å²) in [5.41, 5.74) is 6.05. The normalized spacial score (nSPS) is 13.9. The lowest BCUT2D eigenvalue weighted by Gasteiger charge is -2.13. The number of aliphatic hydroxyl groups is 1. The average Bonchev–Trinajstić information content (AvgIpc) is 2.60. The molecule has 0 spiro atoms. The molecule has 0 amide bonds. The maximum Gasteiger partial charge on any atom is 0.0991 e. The largest absolute Gasteiger partial charge is 0.392 e. The van der Waals surface area contributed by atoms with Crippen molar-refractivity contribution < 1.29 is 5.11 Å². The van der Waals surface area contributed by atoms with Crippen LogP contribution in [0.25, 0.3) is 5.57 Å². The van der Waals surface area contributed by atoms with Crippen LogP contribution >= 0.6 is 0 Å². The van der Waals surface area contributed by atoms with Crippen LogP contribution in [-0.2, 0) is 0 Å². The van der Waals surface area contributed by atoms with Gasteiger partial charge in [-0.2, -0.15) is 5.26 Å². The smallest absolute Gasteiger partial charge is 0.0991 e. The standard InChI is InChI=1S/C21H25NO/c1-5-8-19(7-3)16(4)21(13-17(6-2)15-23)20-11-9-18(14-22)10-12-20/h5,7-13,23H,6,15H2,1-4H3/b8-5-,17-13+,19-7+,21-16-. The van der Waals surface area contributed by atoms with Crippen molar-refractivity contribution in [3.8, 4) is 6.07 Å². The molecular formula is C21H25NO. The van der Waals surface area contributed by atoms with Crippen LogP contribution in [0.3, 0.4) is 0 Å². The molecule has 0 fully saturated rings. The molecule has 1 aromatic rings. The highest BCUT2D eigenvalue weighted by molar-refractivity contribution is 5.80. The first-order chi connectivity index (χ1) is 11.1. The number of aliphatic hydroxyl groups excluding tert-OH is 1. The average molecular weight is 307 g/mol. The minimum Gasteiger partial charge on any atom is -0.392 e. The second-order valence-electron chi connectivity index (χ2n) is 5.29. The summed E-state index contributed by atoms with van der Waals surface area (Å²) in [7, 11) is 0. The fourth-order valence-electron chi connectivity index (χ4n) is 2.37. The monoisotopic (exact) mass is 307 g/mol. The fourth-order valence-corrected chi connectivity index (χ4v) is 2.37. The molecule has 1 N–H and O–H groups in total. The molecule has 1 aromatic carbocycles. The number of nitriles is 1. The van der Waals surface area contributed by atoms with Crippen molar-refractivity contribution in [2.75, 3.05) is 6.61 Å². The van der Waals surface area contributed by atoms with Gasteiger partial charge in [0.2, 0.25) is 0 Å². The summed E-state index contributed by atoms with van der Waals surface area (Å²) in [6.45, 7) is 8.20. The van der Waals surface area contributed by atoms with Gasteiger partial charge in [0.15, 0.2) is 0 Å². The summed E-state index contributed by atoms with van der Waals surface area (Å²) in [5.74, 6) is 0. The number of allylic oxidation sites excluding steroid dienone is 7. The van der Waals surface area contributed by atoms with E-state index in [0.717, 1.165) is 34.3 Å². The number of rotatable bonds is 6. The highest BCUT2D eigenvalue weighted by Gasteiger charge is 2.08. The van der Waals surface area contributed by atoms with Crippen LogP contribution in [0.5, 0.6) is 0 Å². The molecule has 0 saturated carbocycles. The zero-order valence-corrected chi connectivity index (χ0v) is 14.4. The molecule has 0 bridgehead atoms. The van der Waals surface area contributed by atoms with Gasteiger partial charge in [0.1, 0.15) is 0 Å². The fraction of sp³-hybridized carbons (Fsp3) is 0.286. The second-order valence-corrected chi connectivity index (χ2v) is 5.29. The molecule has 0 aliphatic heterocycles. The summed E-state index contributed by atoms with van der Waals surface area (Å²) in [5, 5.41) is 18.5. The third-order valence-corrected chi connectivity index (χ3v) is 3.82. The first-order valence-electron chi connectivity index (χ1n) is 7.92. The first-order valence-corrected chi connectivity index (χ1v) is 7.92. The maximum atomic E-state index is 9.52. The van der Waals surface area contributed by atoms with E-state index in [1.807, 2.05) is 51.1 Å². The molecule has 0 heterocycles. The highest BCUT2D eigenvalue weighted by Crippen LogP contribution is 2.27. The van der Waals surface area contributed by atoms with Gasteiger partial charge in [0.05, 0.1) is 18.2 Å². The molecule has 0 aliphatic rings. The predicted molar refractivity (Wildman–Crippen MR) is 97.8 cm³/mol. The Kier molecular flexibility index (Phi) is 7.80. The summed E-state index contributed by atoms with van der Waals surface area (Å²) >= 11 is 0. The minimum atomic E-state index is 0.0539. The Bertz CT molecular complexity index is 674.